The number of hydrogen-bond acceptors (Lipinski definition) is 3. The van der Waals surface area contributed by atoms with Crippen LogP contribution in [0.2, 0.25) is 5.15 Å². The standard InChI is InChI=1S/C15H11ClF3N3O/c1-8-20-11-5-6-13(16)21-14(11)22(8)7-9-10(17)3-2-4-12(9)23-15(18)19/h2-6,15H,7H2,1H3. The number of imidazole rings is 1. The largest absolute Gasteiger partial charge is 0.434 e. The molecule has 0 amide bonds. The second kappa shape index (κ2) is 6.08. The van der Waals surface area contributed by atoms with E-state index in [0.29, 0.717) is 17.0 Å². The highest BCUT2D eigenvalue weighted by molar-refractivity contribution is 6.29. The minimum absolute atomic E-state index is 0.00280. The first-order chi connectivity index (χ1) is 11.0. The fraction of sp³-hybridized carbons (Fsp3) is 0.200. The third kappa shape index (κ3) is 3.10. The second-order valence-electron chi connectivity index (χ2n) is 4.82. The molecule has 0 radical (unpaired) electrons. The van der Waals surface area contributed by atoms with Gasteiger partial charge in [0.2, 0.25) is 0 Å². The van der Waals surface area contributed by atoms with Gasteiger partial charge in [-0.25, -0.2) is 14.4 Å². The number of aryl methyl sites for hydroxylation is 1. The van der Waals surface area contributed by atoms with Gasteiger partial charge in [0, 0.05) is 5.56 Å². The van der Waals surface area contributed by atoms with E-state index in [9.17, 15) is 13.2 Å². The molecule has 0 aliphatic carbocycles. The van der Waals surface area contributed by atoms with Crippen molar-refractivity contribution >= 4 is 22.8 Å². The topological polar surface area (TPSA) is 39.9 Å². The average Bonchev–Trinajstić information content (AvgIpc) is 2.77. The third-order valence-corrected chi connectivity index (χ3v) is 3.57. The van der Waals surface area contributed by atoms with Gasteiger partial charge in [-0.05, 0) is 31.2 Å². The normalized spacial score (nSPS) is 11.4. The summed E-state index contributed by atoms with van der Waals surface area (Å²) in [6, 6.07) is 7.06. The van der Waals surface area contributed by atoms with Gasteiger partial charge in [-0.15, -0.1) is 0 Å². The molecule has 120 valence electrons. The lowest BCUT2D eigenvalue weighted by Gasteiger charge is -2.13. The third-order valence-electron chi connectivity index (χ3n) is 3.36. The van der Waals surface area contributed by atoms with Crippen molar-refractivity contribution in [2.24, 2.45) is 0 Å². The van der Waals surface area contributed by atoms with Crippen molar-refractivity contribution in [3.8, 4) is 5.75 Å². The fourth-order valence-electron chi connectivity index (χ4n) is 2.34. The van der Waals surface area contributed by atoms with E-state index < -0.39 is 12.4 Å². The quantitative estimate of drug-likeness (QED) is 0.668. The van der Waals surface area contributed by atoms with Crippen molar-refractivity contribution in [2.75, 3.05) is 0 Å². The molecule has 3 aromatic rings. The summed E-state index contributed by atoms with van der Waals surface area (Å²) >= 11 is 5.88. The van der Waals surface area contributed by atoms with Crippen molar-refractivity contribution in [2.45, 2.75) is 20.1 Å². The number of hydrogen-bond donors (Lipinski definition) is 0. The number of halogens is 4. The van der Waals surface area contributed by atoms with Gasteiger partial charge in [0.15, 0.2) is 5.65 Å². The second-order valence-corrected chi connectivity index (χ2v) is 5.20. The monoisotopic (exact) mass is 341 g/mol. The molecular formula is C15H11ClF3N3O. The Morgan fingerprint density at radius 1 is 1.22 bits per heavy atom. The Bertz CT molecular complexity index is 867. The molecule has 0 saturated heterocycles. The minimum Gasteiger partial charge on any atom is -0.434 e. The molecule has 0 unspecified atom stereocenters. The van der Waals surface area contributed by atoms with E-state index in [0.717, 1.165) is 0 Å². The Hall–Kier alpha value is -2.28. The lowest BCUT2D eigenvalue weighted by atomic mass is 10.2. The molecule has 0 aliphatic heterocycles. The van der Waals surface area contributed by atoms with Crippen LogP contribution in [0.25, 0.3) is 11.2 Å². The Labute approximate surface area is 134 Å². The van der Waals surface area contributed by atoms with Crippen molar-refractivity contribution < 1.29 is 17.9 Å². The summed E-state index contributed by atoms with van der Waals surface area (Å²) in [6.45, 7) is -1.38. The molecule has 2 heterocycles. The predicted molar refractivity (Wildman–Crippen MR) is 79.4 cm³/mol. The molecule has 0 spiro atoms. The van der Waals surface area contributed by atoms with Crippen molar-refractivity contribution in [1.29, 1.82) is 0 Å². The molecule has 23 heavy (non-hydrogen) atoms. The van der Waals surface area contributed by atoms with Gasteiger partial charge in [0.1, 0.15) is 28.1 Å². The van der Waals surface area contributed by atoms with Crippen LogP contribution in [0.3, 0.4) is 0 Å². The minimum atomic E-state index is -3.04. The van der Waals surface area contributed by atoms with E-state index in [1.165, 1.54) is 18.2 Å². The molecule has 4 nitrogen and oxygen atoms in total. The number of rotatable bonds is 4. The Morgan fingerprint density at radius 3 is 2.74 bits per heavy atom. The smallest absolute Gasteiger partial charge is 0.387 e. The molecule has 1 aromatic carbocycles. The molecule has 2 aromatic heterocycles. The fourth-order valence-corrected chi connectivity index (χ4v) is 2.48. The zero-order valence-electron chi connectivity index (χ0n) is 11.9. The maximum atomic E-state index is 14.1. The number of benzene rings is 1. The maximum Gasteiger partial charge on any atom is 0.387 e. The average molecular weight is 342 g/mol. The van der Waals surface area contributed by atoms with Crippen LogP contribution in [-0.2, 0) is 6.54 Å². The molecule has 0 N–H and O–H groups in total. The lowest BCUT2D eigenvalue weighted by molar-refractivity contribution is -0.0506. The Morgan fingerprint density at radius 2 is 2.00 bits per heavy atom. The number of alkyl halides is 2. The van der Waals surface area contributed by atoms with Crippen LogP contribution in [0.4, 0.5) is 13.2 Å². The van der Waals surface area contributed by atoms with E-state index in [1.54, 1.807) is 23.6 Å². The molecule has 8 heteroatoms. The maximum absolute atomic E-state index is 14.1. The number of nitrogens with zero attached hydrogens (tertiary/aromatic N) is 3. The molecular weight excluding hydrogens is 331 g/mol. The summed E-state index contributed by atoms with van der Waals surface area (Å²) in [5.74, 6) is -0.310. The highest BCUT2D eigenvalue weighted by Crippen LogP contribution is 2.26. The van der Waals surface area contributed by atoms with Crippen LogP contribution in [0.1, 0.15) is 11.4 Å². The zero-order valence-corrected chi connectivity index (χ0v) is 12.7. The highest BCUT2D eigenvalue weighted by Gasteiger charge is 2.17. The number of fused-ring (bicyclic) bond motifs is 1. The van der Waals surface area contributed by atoms with Crippen molar-refractivity contribution in [3.05, 3.63) is 52.7 Å². The van der Waals surface area contributed by atoms with E-state index in [1.807, 2.05) is 0 Å². The summed E-state index contributed by atoms with van der Waals surface area (Å²) in [5, 5.41) is 0.260. The first-order valence-electron chi connectivity index (χ1n) is 6.67. The van der Waals surface area contributed by atoms with Gasteiger partial charge in [0.25, 0.3) is 0 Å². The van der Waals surface area contributed by atoms with Gasteiger partial charge in [-0.1, -0.05) is 17.7 Å². The van der Waals surface area contributed by atoms with E-state index in [4.69, 9.17) is 11.6 Å². The highest BCUT2D eigenvalue weighted by atomic mass is 35.5. The van der Waals surface area contributed by atoms with E-state index in [2.05, 4.69) is 14.7 Å². The summed E-state index contributed by atoms with van der Waals surface area (Å²) in [5.41, 5.74) is 1.03. The van der Waals surface area contributed by atoms with Crippen LogP contribution in [0, 0.1) is 12.7 Å². The van der Waals surface area contributed by atoms with Gasteiger partial charge in [-0.2, -0.15) is 8.78 Å². The summed E-state index contributed by atoms with van der Waals surface area (Å²) in [7, 11) is 0. The van der Waals surface area contributed by atoms with Crippen LogP contribution in [0.15, 0.2) is 30.3 Å². The zero-order chi connectivity index (χ0) is 16.6. The Kier molecular flexibility index (Phi) is 4.12. The van der Waals surface area contributed by atoms with Crippen molar-refractivity contribution in [3.63, 3.8) is 0 Å². The predicted octanol–water partition coefficient (Wildman–Crippen LogP) is 4.18. The van der Waals surface area contributed by atoms with E-state index >= 15 is 0 Å². The molecule has 3 rings (SSSR count). The van der Waals surface area contributed by atoms with Gasteiger partial charge in [0.05, 0.1) is 6.54 Å². The lowest BCUT2D eigenvalue weighted by Crippen LogP contribution is -2.10. The van der Waals surface area contributed by atoms with Crippen molar-refractivity contribution in [1.82, 2.24) is 14.5 Å². The van der Waals surface area contributed by atoms with Crippen LogP contribution in [-0.4, -0.2) is 21.1 Å². The van der Waals surface area contributed by atoms with E-state index in [-0.39, 0.29) is 23.0 Å². The Balaban J connectivity index is 2.09. The number of aromatic nitrogens is 3. The molecule has 0 fully saturated rings. The molecule has 0 atom stereocenters. The van der Waals surface area contributed by atoms with Gasteiger partial charge < -0.3 is 9.30 Å². The summed E-state index contributed by atoms with van der Waals surface area (Å²) < 4.78 is 45.1. The van der Waals surface area contributed by atoms with Gasteiger partial charge >= 0.3 is 6.61 Å². The summed E-state index contributed by atoms with van der Waals surface area (Å²) in [6.07, 6.45) is 0. The van der Waals surface area contributed by atoms with Gasteiger partial charge in [-0.3, -0.25) is 0 Å². The summed E-state index contributed by atoms with van der Waals surface area (Å²) in [4.78, 5) is 8.47. The first kappa shape index (κ1) is 15.6. The molecule has 0 bridgehead atoms. The SMILES string of the molecule is Cc1nc2ccc(Cl)nc2n1Cc1c(F)cccc1OC(F)F. The number of ether oxygens (including phenoxy) is 1. The van der Waals surface area contributed by atoms with Crippen LogP contribution < -0.4 is 4.74 Å². The van der Waals surface area contributed by atoms with Crippen LogP contribution >= 0.6 is 11.6 Å². The molecule has 0 aliphatic rings. The number of pyridine rings is 1. The first-order valence-corrected chi connectivity index (χ1v) is 7.05. The molecule has 0 saturated carbocycles. The van der Waals surface area contributed by atoms with Crippen LogP contribution in [0.5, 0.6) is 5.75 Å².